The monoisotopic (exact) mass is 433 g/mol. The molecule has 0 saturated carbocycles. The molecule has 0 saturated heterocycles. The summed E-state index contributed by atoms with van der Waals surface area (Å²) in [5, 5.41) is 6.17. The zero-order chi connectivity index (χ0) is 19.6. The number of hydrogen-bond donors (Lipinski definition) is 3. The molecule has 7 nitrogen and oxygen atoms in total. The molecule has 0 amide bonds. The molecule has 0 spiro atoms. The second-order valence-electron chi connectivity index (χ2n) is 5.92. The first-order chi connectivity index (χ1) is 13.5. The maximum Gasteiger partial charge on any atom is 0.250 e. The Hall–Kier alpha value is -2.46. The molecule has 4 aromatic heterocycles. The van der Waals surface area contributed by atoms with Crippen LogP contribution in [0.3, 0.4) is 0 Å². The summed E-state index contributed by atoms with van der Waals surface area (Å²) < 4.78 is 27.1. The molecule has 4 heterocycles. The molecule has 0 aliphatic rings. The molecule has 0 fully saturated rings. The van der Waals surface area contributed by atoms with Gasteiger partial charge in [0.15, 0.2) is 0 Å². The van der Waals surface area contributed by atoms with Gasteiger partial charge >= 0.3 is 0 Å². The Bertz CT molecular complexity index is 1210. The molecular weight excluding hydrogens is 418 g/mol. The van der Waals surface area contributed by atoms with Crippen molar-refractivity contribution in [3.63, 3.8) is 0 Å². The normalized spacial score (nSPS) is 11.8. The molecule has 3 N–H and O–H groups in total. The van der Waals surface area contributed by atoms with E-state index in [9.17, 15) is 8.42 Å². The molecule has 0 aliphatic carbocycles. The molecule has 0 unspecified atom stereocenters. The largest absolute Gasteiger partial charge is 0.369 e. The number of aromatic nitrogens is 3. The Labute approximate surface area is 170 Å². The molecule has 4 rings (SSSR count). The maximum absolute atomic E-state index is 12.1. The first-order valence-corrected chi connectivity index (χ1v) is 11.1. The molecule has 4 aromatic rings. The summed E-state index contributed by atoms with van der Waals surface area (Å²) in [6.45, 7) is 0.591. The number of aromatic amines is 1. The van der Waals surface area contributed by atoms with Crippen LogP contribution in [0.2, 0.25) is 5.15 Å². The summed E-state index contributed by atoms with van der Waals surface area (Å²) in [5.74, 6) is 0.566. The fourth-order valence-electron chi connectivity index (χ4n) is 2.80. The van der Waals surface area contributed by atoms with Gasteiger partial charge in [-0.1, -0.05) is 17.7 Å². The van der Waals surface area contributed by atoms with Gasteiger partial charge in [-0.2, -0.15) is 0 Å². The molecule has 0 bridgehead atoms. The highest BCUT2D eigenvalue weighted by Gasteiger charge is 2.14. The van der Waals surface area contributed by atoms with Crippen molar-refractivity contribution in [1.29, 1.82) is 0 Å². The molecule has 0 radical (unpaired) electrons. The lowest BCUT2D eigenvalue weighted by Crippen LogP contribution is -2.28. The first kappa shape index (κ1) is 18.9. The Morgan fingerprint density at radius 3 is 2.89 bits per heavy atom. The van der Waals surface area contributed by atoms with Gasteiger partial charge in [0.25, 0.3) is 0 Å². The summed E-state index contributed by atoms with van der Waals surface area (Å²) >= 11 is 7.36. The number of rotatable bonds is 7. The van der Waals surface area contributed by atoms with Crippen molar-refractivity contribution in [3.8, 4) is 11.1 Å². The van der Waals surface area contributed by atoms with Gasteiger partial charge in [0.1, 0.15) is 20.8 Å². The van der Waals surface area contributed by atoms with Gasteiger partial charge in [0.05, 0.1) is 0 Å². The molecule has 0 aromatic carbocycles. The number of anilines is 1. The second-order valence-corrected chi connectivity index (χ2v) is 9.25. The molecule has 0 atom stereocenters. The van der Waals surface area contributed by atoms with Crippen LogP contribution in [0.1, 0.15) is 0 Å². The van der Waals surface area contributed by atoms with E-state index < -0.39 is 10.0 Å². The van der Waals surface area contributed by atoms with Gasteiger partial charge in [-0.15, -0.1) is 11.3 Å². The number of pyridine rings is 2. The van der Waals surface area contributed by atoms with Gasteiger partial charge in [0, 0.05) is 36.4 Å². The number of H-pyrrole nitrogens is 1. The number of fused-ring (bicyclic) bond motifs is 1. The van der Waals surface area contributed by atoms with E-state index in [0.29, 0.717) is 21.7 Å². The van der Waals surface area contributed by atoms with Crippen LogP contribution in [0.4, 0.5) is 5.82 Å². The minimum atomic E-state index is -3.48. The third kappa shape index (κ3) is 4.02. The number of nitrogens with one attached hydrogen (secondary N) is 3. The quantitative estimate of drug-likeness (QED) is 0.304. The summed E-state index contributed by atoms with van der Waals surface area (Å²) in [7, 11) is -3.48. The number of nitrogens with zero attached hydrogens (tertiary/aromatic N) is 2. The van der Waals surface area contributed by atoms with Gasteiger partial charge in [-0.3, -0.25) is 0 Å². The van der Waals surface area contributed by atoms with E-state index in [1.807, 2.05) is 24.4 Å². The Morgan fingerprint density at radius 1 is 1.18 bits per heavy atom. The Balaban J connectivity index is 1.46. The van der Waals surface area contributed by atoms with Gasteiger partial charge in [0.2, 0.25) is 10.0 Å². The van der Waals surface area contributed by atoms with Crippen LogP contribution in [0.25, 0.3) is 22.2 Å². The number of sulfonamides is 1. The molecule has 28 heavy (non-hydrogen) atoms. The van der Waals surface area contributed by atoms with Gasteiger partial charge in [-0.25, -0.2) is 23.1 Å². The van der Waals surface area contributed by atoms with Crippen molar-refractivity contribution in [2.24, 2.45) is 0 Å². The second kappa shape index (κ2) is 7.88. The predicted molar refractivity (Wildman–Crippen MR) is 112 cm³/mol. The van der Waals surface area contributed by atoms with Crippen LogP contribution in [-0.4, -0.2) is 36.5 Å². The van der Waals surface area contributed by atoms with Crippen LogP contribution in [-0.2, 0) is 10.0 Å². The fourth-order valence-corrected chi connectivity index (χ4v) is 5.08. The van der Waals surface area contributed by atoms with Crippen molar-refractivity contribution in [3.05, 3.63) is 59.3 Å². The minimum absolute atomic E-state index is 0.223. The van der Waals surface area contributed by atoms with E-state index in [-0.39, 0.29) is 6.54 Å². The molecular formula is C18H16ClN5O2S2. The predicted octanol–water partition coefficient (Wildman–Crippen LogP) is 3.73. The highest BCUT2D eigenvalue weighted by Crippen LogP contribution is 2.30. The highest BCUT2D eigenvalue weighted by atomic mass is 35.5. The zero-order valence-corrected chi connectivity index (χ0v) is 16.9. The van der Waals surface area contributed by atoms with Crippen molar-refractivity contribution in [2.45, 2.75) is 4.21 Å². The van der Waals surface area contributed by atoms with E-state index in [0.717, 1.165) is 22.2 Å². The van der Waals surface area contributed by atoms with Crippen molar-refractivity contribution >= 4 is 49.8 Å². The molecule has 144 valence electrons. The number of thiophene rings is 1. The topological polar surface area (TPSA) is 99.8 Å². The summed E-state index contributed by atoms with van der Waals surface area (Å²) in [6, 6.07) is 10.8. The fraction of sp³-hybridized carbons (Fsp3) is 0.111. The standard InChI is InChI=1S/C18H16ClN5O2S2/c19-15-9-12(14-11-22-18-13(14)3-1-5-21-18)10-16(24-15)20-6-7-23-28(25,26)17-4-2-8-27-17/h1-5,8-11,23H,6-7H2,(H,20,24)(H,21,22). The van der Waals surface area contributed by atoms with Crippen LogP contribution in [0.5, 0.6) is 0 Å². The van der Waals surface area contributed by atoms with Crippen LogP contribution >= 0.6 is 22.9 Å². The minimum Gasteiger partial charge on any atom is -0.369 e. The first-order valence-electron chi connectivity index (χ1n) is 8.40. The lowest BCUT2D eigenvalue weighted by Gasteiger charge is -2.09. The highest BCUT2D eigenvalue weighted by molar-refractivity contribution is 7.91. The van der Waals surface area contributed by atoms with Gasteiger partial charge in [-0.05, 0) is 41.3 Å². The molecule has 10 heteroatoms. The summed E-state index contributed by atoms with van der Waals surface area (Å²) in [6.07, 6.45) is 3.61. The number of halogens is 1. The van der Waals surface area contributed by atoms with E-state index >= 15 is 0 Å². The lowest BCUT2D eigenvalue weighted by atomic mass is 10.1. The summed E-state index contributed by atoms with van der Waals surface area (Å²) in [5.41, 5.74) is 2.65. The third-order valence-corrected chi connectivity index (χ3v) is 7.09. The lowest BCUT2D eigenvalue weighted by molar-refractivity contribution is 0.585. The SMILES string of the molecule is O=S(=O)(NCCNc1cc(-c2c[nH]c3ncccc23)cc(Cl)n1)c1cccs1. The summed E-state index contributed by atoms with van der Waals surface area (Å²) in [4.78, 5) is 11.7. The Morgan fingerprint density at radius 2 is 2.07 bits per heavy atom. The smallest absolute Gasteiger partial charge is 0.250 e. The van der Waals surface area contributed by atoms with E-state index in [4.69, 9.17) is 11.6 Å². The van der Waals surface area contributed by atoms with E-state index in [1.54, 1.807) is 29.8 Å². The van der Waals surface area contributed by atoms with Crippen LogP contribution < -0.4 is 10.0 Å². The third-order valence-electron chi connectivity index (χ3n) is 4.04. The van der Waals surface area contributed by atoms with Crippen molar-refractivity contribution < 1.29 is 8.42 Å². The van der Waals surface area contributed by atoms with Crippen molar-refractivity contribution in [1.82, 2.24) is 19.7 Å². The van der Waals surface area contributed by atoms with Crippen LogP contribution in [0, 0.1) is 0 Å². The van der Waals surface area contributed by atoms with Crippen molar-refractivity contribution in [2.75, 3.05) is 18.4 Å². The zero-order valence-electron chi connectivity index (χ0n) is 14.5. The molecule has 0 aliphatic heterocycles. The maximum atomic E-state index is 12.1. The average Bonchev–Trinajstić information content (AvgIpc) is 3.35. The van der Waals surface area contributed by atoms with E-state index in [1.165, 1.54) is 11.3 Å². The number of hydrogen-bond acceptors (Lipinski definition) is 6. The van der Waals surface area contributed by atoms with Crippen LogP contribution in [0.15, 0.2) is 58.4 Å². The Kier molecular flexibility index (Phi) is 5.31. The average molecular weight is 434 g/mol. The van der Waals surface area contributed by atoms with E-state index in [2.05, 4.69) is 25.0 Å². The van der Waals surface area contributed by atoms with Gasteiger partial charge < -0.3 is 10.3 Å².